The van der Waals surface area contributed by atoms with Gasteiger partial charge in [0.05, 0.1) is 4.90 Å². The Labute approximate surface area is 196 Å². The van der Waals surface area contributed by atoms with Crippen molar-refractivity contribution in [3.05, 3.63) is 53.6 Å². The number of hydrogen-bond acceptors (Lipinski definition) is 3. The summed E-state index contributed by atoms with van der Waals surface area (Å²) in [7, 11) is -3.69. The highest BCUT2D eigenvalue weighted by Gasteiger charge is 2.51. The van der Waals surface area contributed by atoms with E-state index in [2.05, 4.69) is 16.9 Å². The van der Waals surface area contributed by atoms with Crippen LogP contribution in [-0.4, -0.2) is 20.9 Å². The van der Waals surface area contributed by atoms with Crippen LogP contribution in [0, 0.1) is 17.8 Å². The first-order chi connectivity index (χ1) is 15.8. The van der Waals surface area contributed by atoms with Gasteiger partial charge in [-0.1, -0.05) is 19.1 Å². The topological polar surface area (TPSA) is 66.5 Å². The Kier molecular flexibility index (Phi) is 4.88. The summed E-state index contributed by atoms with van der Waals surface area (Å²) in [5.41, 5.74) is 4.06. The van der Waals surface area contributed by atoms with Crippen LogP contribution in [0.15, 0.2) is 47.4 Å². The van der Waals surface area contributed by atoms with Gasteiger partial charge in [-0.15, -0.1) is 0 Å². The first kappa shape index (κ1) is 21.2. The molecule has 0 aromatic heterocycles. The Morgan fingerprint density at radius 3 is 2.24 bits per heavy atom. The number of amides is 1. The number of anilines is 2. The monoisotopic (exact) mass is 464 g/mol. The number of benzene rings is 2. The van der Waals surface area contributed by atoms with Crippen LogP contribution < -0.4 is 9.62 Å². The second-order valence-electron chi connectivity index (χ2n) is 10.8. The summed E-state index contributed by atoms with van der Waals surface area (Å²) in [5, 5.41) is 0. The number of hydrogen-bond donors (Lipinski definition) is 1. The van der Waals surface area contributed by atoms with Crippen LogP contribution >= 0.6 is 0 Å². The van der Waals surface area contributed by atoms with E-state index in [0.717, 1.165) is 29.0 Å². The molecule has 0 saturated heterocycles. The van der Waals surface area contributed by atoms with E-state index in [1.807, 2.05) is 19.1 Å². The molecule has 1 amide bonds. The van der Waals surface area contributed by atoms with Gasteiger partial charge in [-0.05, 0) is 110 Å². The van der Waals surface area contributed by atoms with Gasteiger partial charge >= 0.3 is 0 Å². The Bertz CT molecular complexity index is 1170. The van der Waals surface area contributed by atoms with Gasteiger partial charge < -0.3 is 4.90 Å². The lowest BCUT2D eigenvalue weighted by atomic mass is 9.48. The van der Waals surface area contributed by atoms with Crippen molar-refractivity contribution in [2.45, 2.75) is 68.6 Å². The molecule has 4 saturated carbocycles. The van der Waals surface area contributed by atoms with Gasteiger partial charge in [0.2, 0.25) is 5.91 Å². The largest absolute Gasteiger partial charge is 0.312 e. The van der Waals surface area contributed by atoms with E-state index in [4.69, 9.17) is 0 Å². The molecule has 0 unspecified atom stereocenters. The lowest BCUT2D eigenvalue weighted by molar-refractivity contribution is -0.118. The maximum absolute atomic E-state index is 13.1. The van der Waals surface area contributed by atoms with Gasteiger partial charge in [-0.2, -0.15) is 0 Å². The maximum Gasteiger partial charge on any atom is 0.261 e. The molecule has 4 bridgehead atoms. The molecule has 2 aromatic rings. The molecule has 2 aromatic carbocycles. The minimum absolute atomic E-state index is 0.0709. The van der Waals surface area contributed by atoms with E-state index < -0.39 is 10.0 Å². The normalized spacial score (nSPS) is 29.8. The van der Waals surface area contributed by atoms with E-state index in [1.54, 1.807) is 23.1 Å². The maximum atomic E-state index is 13.1. The number of sulfonamides is 1. The Morgan fingerprint density at radius 1 is 1.00 bits per heavy atom. The lowest BCUT2D eigenvalue weighted by Crippen LogP contribution is -2.48. The van der Waals surface area contributed by atoms with Crippen LogP contribution in [0.1, 0.15) is 63.0 Å². The van der Waals surface area contributed by atoms with Crippen molar-refractivity contribution in [3.8, 4) is 0 Å². The summed E-state index contributed by atoms with van der Waals surface area (Å²) in [6.07, 6.45) is 9.29. The van der Waals surface area contributed by atoms with Gasteiger partial charge in [0.25, 0.3) is 10.0 Å². The predicted octanol–water partition coefficient (Wildman–Crippen LogP) is 5.25. The summed E-state index contributed by atoms with van der Waals surface area (Å²) in [6.45, 7) is 2.46. The van der Waals surface area contributed by atoms with Crippen LogP contribution in [0.5, 0.6) is 0 Å². The van der Waals surface area contributed by atoms with Crippen molar-refractivity contribution < 1.29 is 13.2 Å². The second kappa shape index (κ2) is 7.59. The Morgan fingerprint density at radius 2 is 1.64 bits per heavy atom. The van der Waals surface area contributed by atoms with Crippen LogP contribution in [0.25, 0.3) is 0 Å². The zero-order valence-electron chi connectivity index (χ0n) is 19.2. The third-order valence-electron chi connectivity index (χ3n) is 8.65. The lowest BCUT2D eigenvalue weighted by Gasteiger charge is -2.57. The molecule has 4 fully saturated rings. The van der Waals surface area contributed by atoms with E-state index >= 15 is 0 Å². The first-order valence-corrected chi connectivity index (χ1v) is 13.9. The average molecular weight is 465 g/mol. The highest BCUT2D eigenvalue weighted by atomic mass is 32.2. The van der Waals surface area contributed by atoms with Crippen molar-refractivity contribution >= 4 is 27.3 Å². The summed E-state index contributed by atoms with van der Waals surface area (Å²) >= 11 is 0. The quantitative estimate of drug-likeness (QED) is 0.657. The molecule has 1 N–H and O–H groups in total. The third-order valence-corrected chi connectivity index (χ3v) is 10.0. The van der Waals surface area contributed by atoms with Crippen molar-refractivity contribution in [2.24, 2.45) is 17.8 Å². The minimum Gasteiger partial charge on any atom is -0.312 e. The van der Waals surface area contributed by atoms with Crippen LogP contribution in [0.4, 0.5) is 11.4 Å². The molecule has 0 atom stereocenters. The summed E-state index contributed by atoms with van der Waals surface area (Å²) in [5.74, 6) is 2.73. The fraction of sp³-hybridized carbons (Fsp3) is 0.519. The predicted molar refractivity (Wildman–Crippen MR) is 130 cm³/mol. The number of nitrogens with one attached hydrogen (secondary N) is 1. The fourth-order valence-corrected chi connectivity index (χ4v) is 8.67. The number of carbonyl (C=O) groups excluding carboxylic acids is 1. The zero-order chi connectivity index (χ0) is 22.8. The highest BCUT2D eigenvalue weighted by Crippen LogP contribution is 2.60. The Hall–Kier alpha value is -2.34. The molecule has 4 aliphatic carbocycles. The molecule has 7 rings (SSSR count). The molecule has 6 heteroatoms. The van der Waals surface area contributed by atoms with Crippen molar-refractivity contribution in [3.63, 3.8) is 0 Å². The van der Waals surface area contributed by atoms with Gasteiger partial charge in [-0.25, -0.2) is 8.42 Å². The van der Waals surface area contributed by atoms with E-state index in [0.29, 0.717) is 30.5 Å². The number of rotatable bonds is 5. The molecular formula is C27H32N2O3S. The fourth-order valence-electron chi connectivity index (χ4n) is 7.57. The molecule has 33 heavy (non-hydrogen) atoms. The number of carbonyl (C=O) groups is 1. The van der Waals surface area contributed by atoms with E-state index in [1.165, 1.54) is 44.1 Å². The van der Waals surface area contributed by atoms with E-state index in [-0.39, 0.29) is 10.8 Å². The molecule has 1 heterocycles. The molecular weight excluding hydrogens is 432 g/mol. The molecule has 5 nitrogen and oxygen atoms in total. The summed E-state index contributed by atoms with van der Waals surface area (Å²) in [4.78, 5) is 14.1. The second-order valence-corrected chi connectivity index (χ2v) is 12.5. The van der Waals surface area contributed by atoms with E-state index in [9.17, 15) is 13.2 Å². The minimum atomic E-state index is -3.69. The highest BCUT2D eigenvalue weighted by molar-refractivity contribution is 7.92. The molecule has 1 aliphatic heterocycles. The standard InChI is InChI=1S/C27H32N2O3S/c1-2-26(30)29-10-9-21-14-24(7-8-25(21)29)33(31,32)28-23-5-3-22(4-6-23)27-15-18-11-19(16-27)13-20(12-18)17-27/h3-8,14,18-20,28H,2,9-13,15-17H2,1H3. The SMILES string of the molecule is CCC(=O)N1CCc2cc(S(=O)(=O)Nc3ccc(C45CC6CC(CC(C6)C4)C5)cc3)ccc21. The van der Waals surface area contributed by atoms with Crippen molar-refractivity contribution in [1.29, 1.82) is 0 Å². The van der Waals surface area contributed by atoms with Crippen molar-refractivity contribution in [2.75, 3.05) is 16.2 Å². The van der Waals surface area contributed by atoms with Crippen LogP contribution in [-0.2, 0) is 26.7 Å². The molecule has 0 radical (unpaired) electrons. The smallest absolute Gasteiger partial charge is 0.261 e. The summed E-state index contributed by atoms with van der Waals surface area (Å²) < 4.78 is 28.9. The van der Waals surface area contributed by atoms with Crippen molar-refractivity contribution in [1.82, 2.24) is 0 Å². The van der Waals surface area contributed by atoms with Gasteiger partial charge in [0.15, 0.2) is 0 Å². The molecule has 0 spiro atoms. The molecule has 5 aliphatic rings. The Balaban J connectivity index is 1.21. The van der Waals surface area contributed by atoms with Gasteiger partial charge in [0, 0.05) is 24.3 Å². The van der Waals surface area contributed by atoms with Gasteiger partial charge in [-0.3, -0.25) is 9.52 Å². The zero-order valence-corrected chi connectivity index (χ0v) is 20.0. The third kappa shape index (κ3) is 3.58. The molecule has 174 valence electrons. The summed E-state index contributed by atoms with van der Waals surface area (Å²) in [6, 6.07) is 13.3. The number of nitrogens with zero attached hydrogens (tertiary/aromatic N) is 1. The van der Waals surface area contributed by atoms with Gasteiger partial charge in [0.1, 0.15) is 0 Å². The average Bonchev–Trinajstić information content (AvgIpc) is 3.21. The number of fused-ring (bicyclic) bond motifs is 1. The first-order valence-electron chi connectivity index (χ1n) is 12.4. The van der Waals surface area contributed by atoms with Crippen LogP contribution in [0.3, 0.4) is 0 Å². The van der Waals surface area contributed by atoms with Crippen LogP contribution in [0.2, 0.25) is 0 Å².